The van der Waals surface area contributed by atoms with Crippen LogP contribution in [0.2, 0.25) is 0 Å². The van der Waals surface area contributed by atoms with Crippen LogP contribution in [0.25, 0.3) is 11.1 Å². The van der Waals surface area contributed by atoms with Gasteiger partial charge in [-0.2, -0.15) is 0 Å². The zero-order valence-corrected chi connectivity index (χ0v) is 12.3. The number of carbonyl (C=O) groups is 1. The Morgan fingerprint density at radius 2 is 1.67 bits per heavy atom. The first-order valence-electron chi connectivity index (χ1n) is 7.30. The monoisotopic (exact) mass is 283 g/mol. The Balaban J connectivity index is 1.79. The van der Waals surface area contributed by atoms with Gasteiger partial charge in [0.05, 0.1) is 13.0 Å². The summed E-state index contributed by atoms with van der Waals surface area (Å²) >= 11 is 0. The average molecular weight is 283 g/mol. The Bertz CT molecular complexity index is 549. The highest BCUT2D eigenvalue weighted by atomic mass is 16.5. The van der Waals surface area contributed by atoms with Crippen LogP contribution in [-0.2, 0) is 16.1 Å². The molecule has 1 N–H and O–H groups in total. The van der Waals surface area contributed by atoms with Gasteiger partial charge in [0.15, 0.2) is 0 Å². The summed E-state index contributed by atoms with van der Waals surface area (Å²) in [5.41, 5.74) is 3.64. The van der Waals surface area contributed by atoms with Gasteiger partial charge in [-0.3, -0.25) is 4.79 Å². The minimum atomic E-state index is -0.149. The van der Waals surface area contributed by atoms with Crippen LogP contribution in [0, 0.1) is 0 Å². The highest BCUT2D eigenvalue weighted by Gasteiger charge is 2.01. The van der Waals surface area contributed by atoms with Crippen molar-refractivity contribution in [2.45, 2.75) is 19.9 Å². The smallest absolute Gasteiger partial charge is 0.307 e. The van der Waals surface area contributed by atoms with E-state index in [1.807, 2.05) is 25.1 Å². The third-order valence-corrected chi connectivity index (χ3v) is 3.20. The fourth-order valence-electron chi connectivity index (χ4n) is 2.10. The van der Waals surface area contributed by atoms with Crippen LogP contribution in [0.5, 0.6) is 0 Å². The molecule has 0 aliphatic rings. The van der Waals surface area contributed by atoms with Gasteiger partial charge in [0.25, 0.3) is 0 Å². The molecule has 3 heteroatoms. The van der Waals surface area contributed by atoms with Crippen LogP contribution in [0.1, 0.15) is 18.9 Å². The summed E-state index contributed by atoms with van der Waals surface area (Å²) in [5, 5.41) is 3.25. The number of nitrogens with one attached hydrogen (secondary N) is 1. The lowest BCUT2D eigenvalue weighted by molar-refractivity contribution is -0.142. The normalized spacial score (nSPS) is 10.3. The van der Waals surface area contributed by atoms with E-state index in [2.05, 4.69) is 41.7 Å². The van der Waals surface area contributed by atoms with E-state index in [9.17, 15) is 4.79 Å². The lowest BCUT2D eigenvalue weighted by Crippen LogP contribution is -2.18. The maximum Gasteiger partial charge on any atom is 0.307 e. The van der Waals surface area contributed by atoms with E-state index in [-0.39, 0.29) is 5.97 Å². The second-order valence-electron chi connectivity index (χ2n) is 4.79. The summed E-state index contributed by atoms with van der Waals surface area (Å²) < 4.78 is 4.88. The van der Waals surface area contributed by atoms with Crippen molar-refractivity contribution >= 4 is 5.97 Å². The molecule has 0 fully saturated rings. The molecule has 0 heterocycles. The summed E-state index contributed by atoms with van der Waals surface area (Å²) in [6.07, 6.45) is 0.413. The van der Waals surface area contributed by atoms with Gasteiger partial charge >= 0.3 is 5.97 Å². The molecule has 0 saturated carbocycles. The standard InChI is InChI=1S/C18H21NO2/c1-2-21-18(20)12-13-19-14-15-8-10-17(11-9-15)16-6-4-3-5-7-16/h3-11,19H,2,12-14H2,1H3. The second kappa shape index (κ2) is 8.22. The molecule has 0 unspecified atom stereocenters. The number of esters is 1. The van der Waals surface area contributed by atoms with E-state index < -0.39 is 0 Å². The largest absolute Gasteiger partial charge is 0.466 e. The second-order valence-corrected chi connectivity index (χ2v) is 4.79. The maximum absolute atomic E-state index is 11.2. The molecule has 0 aliphatic carbocycles. The van der Waals surface area contributed by atoms with Crippen LogP contribution >= 0.6 is 0 Å². The Hall–Kier alpha value is -2.13. The number of ether oxygens (including phenoxy) is 1. The minimum Gasteiger partial charge on any atom is -0.466 e. The van der Waals surface area contributed by atoms with Crippen molar-refractivity contribution in [2.75, 3.05) is 13.2 Å². The first-order valence-corrected chi connectivity index (χ1v) is 7.30. The van der Waals surface area contributed by atoms with Crippen LogP contribution in [0.15, 0.2) is 54.6 Å². The van der Waals surface area contributed by atoms with Gasteiger partial charge in [-0.15, -0.1) is 0 Å². The molecule has 2 aromatic rings. The van der Waals surface area contributed by atoms with Crippen molar-refractivity contribution in [1.29, 1.82) is 0 Å². The topological polar surface area (TPSA) is 38.3 Å². The Kier molecular flexibility index (Phi) is 5.98. The fraction of sp³-hybridized carbons (Fsp3) is 0.278. The highest BCUT2D eigenvalue weighted by Crippen LogP contribution is 2.19. The number of hydrogen-bond donors (Lipinski definition) is 1. The summed E-state index contributed by atoms with van der Waals surface area (Å²) in [4.78, 5) is 11.2. The van der Waals surface area contributed by atoms with E-state index in [0.29, 0.717) is 19.6 Å². The number of rotatable bonds is 7. The molecule has 0 aliphatic heterocycles. The average Bonchev–Trinajstić information content (AvgIpc) is 2.53. The molecule has 0 saturated heterocycles. The van der Waals surface area contributed by atoms with Crippen LogP contribution in [-0.4, -0.2) is 19.1 Å². The summed E-state index contributed by atoms with van der Waals surface area (Å²) in [6, 6.07) is 18.8. The molecular formula is C18H21NO2. The molecule has 0 spiro atoms. The molecule has 0 radical (unpaired) electrons. The van der Waals surface area contributed by atoms with Gasteiger partial charge in [0.1, 0.15) is 0 Å². The van der Waals surface area contributed by atoms with Crippen LogP contribution in [0.3, 0.4) is 0 Å². The molecule has 0 bridgehead atoms. The van der Waals surface area contributed by atoms with Crippen molar-refractivity contribution in [3.05, 3.63) is 60.2 Å². The Morgan fingerprint density at radius 3 is 2.33 bits per heavy atom. The van der Waals surface area contributed by atoms with Crippen molar-refractivity contribution in [3.8, 4) is 11.1 Å². The molecule has 0 aromatic heterocycles. The fourth-order valence-corrected chi connectivity index (χ4v) is 2.10. The quantitative estimate of drug-likeness (QED) is 0.625. The number of benzene rings is 2. The lowest BCUT2D eigenvalue weighted by Gasteiger charge is -2.06. The van der Waals surface area contributed by atoms with Gasteiger partial charge in [-0.05, 0) is 23.6 Å². The first kappa shape index (κ1) is 15.3. The molecule has 110 valence electrons. The Morgan fingerprint density at radius 1 is 1.00 bits per heavy atom. The predicted octanol–water partition coefficient (Wildman–Crippen LogP) is 3.40. The van der Waals surface area contributed by atoms with Crippen molar-refractivity contribution in [2.24, 2.45) is 0 Å². The van der Waals surface area contributed by atoms with Crippen molar-refractivity contribution in [1.82, 2.24) is 5.32 Å². The third kappa shape index (κ3) is 5.04. The van der Waals surface area contributed by atoms with E-state index in [4.69, 9.17) is 4.74 Å². The predicted molar refractivity (Wildman–Crippen MR) is 84.8 cm³/mol. The van der Waals surface area contributed by atoms with Crippen molar-refractivity contribution < 1.29 is 9.53 Å². The number of hydrogen-bond acceptors (Lipinski definition) is 3. The van der Waals surface area contributed by atoms with Crippen LogP contribution in [0.4, 0.5) is 0 Å². The SMILES string of the molecule is CCOC(=O)CCNCc1ccc(-c2ccccc2)cc1. The van der Waals surface area contributed by atoms with E-state index >= 15 is 0 Å². The minimum absolute atomic E-state index is 0.149. The molecule has 2 aromatic carbocycles. The van der Waals surface area contributed by atoms with Gasteiger partial charge in [0.2, 0.25) is 0 Å². The third-order valence-electron chi connectivity index (χ3n) is 3.20. The van der Waals surface area contributed by atoms with E-state index in [0.717, 1.165) is 6.54 Å². The molecular weight excluding hydrogens is 262 g/mol. The summed E-state index contributed by atoms with van der Waals surface area (Å²) in [5.74, 6) is -0.149. The zero-order chi connectivity index (χ0) is 14.9. The Labute approximate surface area is 126 Å². The van der Waals surface area contributed by atoms with Gasteiger partial charge in [-0.25, -0.2) is 0 Å². The maximum atomic E-state index is 11.2. The van der Waals surface area contributed by atoms with Crippen LogP contribution < -0.4 is 5.32 Å². The highest BCUT2D eigenvalue weighted by molar-refractivity contribution is 5.69. The molecule has 21 heavy (non-hydrogen) atoms. The van der Waals surface area contributed by atoms with Gasteiger partial charge in [-0.1, -0.05) is 54.6 Å². The molecule has 3 nitrogen and oxygen atoms in total. The zero-order valence-electron chi connectivity index (χ0n) is 12.3. The van der Waals surface area contributed by atoms with E-state index in [1.165, 1.54) is 16.7 Å². The lowest BCUT2D eigenvalue weighted by atomic mass is 10.0. The van der Waals surface area contributed by atoms with E-state index in [1.54, 1.807) is 0 Å². The molecule has 0 atom stereocenters. The summed E-state index contributed by atoms with van der Waals surface area (Å²) in [7, 11) is 0. The van der Waals surface area contributed by atoms with Crippen molar-refractivity contribution in [3.63, 3.8) is 0 Å². The van der Waals surface area contributed by atoms with Gasteiger partial charge < -0.3 is 10.1 Å². The number of carbonyl (C=O) groups excluding carboxylic acids is 1. The first-order chi connectivity index (χ1) is 10.3. The van der Waals surface area contributed by atoms with Gasteiger partial charge in [0, 0.05) is 13.1 Å². The molecule has 2 rings (SSSR count). The molecule has 0 amide bonds. The summed E-state index contributed by atoms with van der Waals surface area (Å²) in [6.45, 7) is 3.66.